The van der Waals surface area contributed by atoms with Crippen LogP contribution in [0.2, 0.25) is 0 Å². The van der Waals surface area contributed by atoms with Gasteiger partial charge in [-0.2, -0.15) is 0 Å². The molecule has 8 heteroatoms. The molecule has 0 radical (unpaired) electrons. The van der Waals surface area contributed by atoms with Gasteiger partial charge in [-0.15, -0.1) is 0 Å². The monoisotopic (exact) mass is 398 g/mol. The van der Waals surface area contributed by atoms with E-state index in [-0.39, 0.29) is 17.9 Å². The first-order valence-corrected chi connectivity index (χ1v) is 9.65. The van der Waals surface area contributed by atoms with E-state index in [9.17, 15) is 14.0 Å². The zero-order valence-electron chi connectivity index (χ0n) is 16.0. The van der Waals surface area contributed by atoms with Crippen LogP contribution in [0.1, 0.15) is 5.56 Å². The Morgan fingerprint density at radius 3 is 2.48 bits per heavy atom. The fourth-order valence-corrected chi connectivity index (χ4v) is 3.56. The Kier molecular flexibility index (Phi) is 5.50. The molecule has 2 fully saturated rings. The van der Waals surface area contributed by atoms with Crippen molar-refractivity contribution in [2.45, 2.75) is 6.54 Å². The molecule has 0 unspecified atom stereocenters. The maximum absolute atomic E-state index is 13.1. The highest BCUT2D eigenvalue weighted by Gasteiger charge is 2.23. The second-order valence-electron chi connectivity index (χ2n) is 7.12. The van der Waals surface area contributed by atoms with Crippen molar-refractivity contribution in [1.29, 1.82) is 0 Å². The molecule has 29 heavy (non-hydrogen) atoms. The Bertz CT molecular complexity index is 882. The second-order valence-corrected chi connectivity index (χ2v) is 7.12. The van der Waals surface area contributed by atoms with Crippen LogP contribution < -0.4 is 10.2 Å². The molecule has 7 nitrogen and oxygen atoms in total. The SMILES string of the molecule is O=C(Nc1cccc(CN2CCOC2=O)c1)N1CCN(c2ccc(F)cc2)CC1. The number of nitrogens with one attached hydrogen (secondary N) is 1. The van der Waals surface area contributed by atoms with Gasteiger partial charge in [0.1, 0.15) is 12.4 Å². The molecule has 2 heterocycles. The number of hydrogen-bond acceptors (Lipinski definition) is 4. The number of carbonyl (C=O) groups excluding carboxylic acids is 2. The van der Waals surface area contributed by atoms with E-state index >= 15 is 0 Å². The average Bonchev–Trinajstić information content (AvgIpc) is 3.13. The molecule has 0 bridgehead atoms. The van der Waals surface area contributed by atoms with Crippen molar-refractivity contribution in [1.82, 2.24) is 9.80 Å². The lowest BCUT2D eigenvalue weighted by Crippen LogP contribution is -2.50. The van der Waals surface area contributed by atoms with Gasteiger partial charge in [0.25, 0.3) is 0 Å². The Balaban J connectivity index is 1.31. The van der Waals surface area contributed by atoms with Gasteiger partial charge in [0.15, 0.2) is 0 Å². The summed E-state index contributed by atoms with van der Waals surface area (Å²) in [6, 6.07) is 13.7. The van der Waals surface area contributed by atoms with Crippen molar-refractivity contribution >= 4 is 23.5 Å². The number of ether oxygens (including phenoxy) is 1. The smallest absolute Gasteiger partial charge is 0.410 e. The Labute approximate surface area is 168 Å². The van der Waals surface area contributed by atoms with Crippen LogP contribution in [0.3, 0.4) is 0 Å². The van der Waals surface area contributed by atoms with Crippen LogP contribution in [0.4, 0.5) is 25.4 Å². The van der Waals surface area contributed by atoms with Gasteiger partial charge >= 0.3 is 12.1 Å². The molecule has 152 valence electrons. The fraction of sp³-hybridized carbons (Fsp3) is 0.333. The Morgan fingerprint density at radius 1 is 1.03 bits per heavy atom. The van der Waals surface area contributed by atoms with Gasteiger partial charge in [-0.05, 0) is 42.0 Å². The third-order valence-electron chi connectivity index (χ3n) is 5.16. The molecule has 2 aliphatic rings. The molecule has 2 saturated heterocycles. The summed E-state index contributed by atoms with van der Waals surface area (Å²) in [5, 5.41) is 2.93. The van der Waals surface area contributed by atoms with Crippen LogP contribution in [0.5, 0.6) is 0 Å². The molecule has 0 spiro atoms. The third kappa shape index (κ3) is 4.59. The van der Waals surface area contributed by atoms with Crippen LogP contribution in [-0.4, -0.2) is 61.3 Å². The molecule has 0 saturated carbocycles. The van der Waals surface area contributed by atoms with E-state index in [0.717, 1.165) is 11.3 Å². The molecule has 1 N–H and O–H groups in total. The maximum atomic E-state index is 13.1. The highest BCUT2D eigenvalue weighted by Crippen LogP contribution is 2.19. The van der Waals surface area contributed by atoms with Gasteiger partial charge in [-0.3, -0.25) is 0 Å². The largest absolute Gasteiger partial charge is 0.448 e. The predicted molar refractivity (Wildman–Crippen MR) is 107 cm³/mol. The minimum absolute atomic E-state index is 0.151. The first kappa shape index (κ1) is 19.0. The van der Waals surface area contributed by atoms with Gasteiger partial charge in [0.2, 0.25) is 0 Å². The lowest BCUT2D eigenvalue weighted by atomic mass is 10.2. The second kappa shape index (κ2) is 8.38. The van der Waals surface area contributed by atoms with Gasteiger partial charge < -0.3 is 24.8 Å². The van der Waals surface area contributed by atoms with E-state index in [1.165, 1.54) is 12.1 Å². The summed E-state index contributed by atoms with van der Waals surface area (Å²) < 4.78 is 18.0. The van der Waals surface area contributed by atoms with Crippen molar-refractivity contribution in [3.05, 3.63) is 59.9 Å². The number of anilines is 2. The van der Waals surface area contributed by atoms with E-state index in [0.29, 0.717) is 51.6 Å². The Hall–Kier alpha value is -3.29. The number of hydrogen-bond donors (Lipinski definition) is 1. The number of carbonyl (C=O) groups is 2. The van der Waals surface area contributed by atoms with Crippen LogP contribution in [-0.2, 0) is 11.3 Å². The molecule has 0 atom stereocenters. The van der Waals surface area contributed by atoms with Crippen LogP contribution in [0.15, 0.2) is 48.5 Å². The Morgan fingerprint density at radius 2 is 1.79 bits per heavy atom. The first-order valence-electron chi connectivity index (χ1n) is 9.65. The van der Waals surface area contributed by atoms with Gasteiger partial charge in [0.05, 0.1) is 6.54 Å². The molecule has 2 aromatic rings. The van der Waals surface area contributed by atoms with Crippen LogP contribution >= 0.6 is 0 Å². The van der Waals surface area contributed by atoms with Crippen molar-refractivity contribution in [2.75, 3.05) is 49.5 Å². The van der Waals surface area contributed by atoms with E-state index in [1.54, 1.807) is 21.9 Å². The van der Waals surface area contributed by atoms with Gasteiger partial charge in [-0.25, -0.2) is 14.0 Å². The number of piperazine rings is 1. The van der Waals surface area contributed by atoms with Crippen molar-refractivity contribution in [3.8, 4) is 0 Å². The molecule has 0 aliphatic carbocycles. The van der Waals surface area contributed by atoms with Gasteiger partial charge in [-0.1, -0.05) is 12.1 Å². The highest BCUT2D eigenvalue weighted by atomic mass is 19.1. The summed E-state index contributed by atoms with van der Waals surface area (Å²) in [7, 11) is 0. The summed E-state index contributed by atoms with van der Waals surface area (Å²) >= 11 is 0. The van der Waals surface area contributed by atoms with E-state index in [2.05, 4.69) is 10.2 Å². The number of urea groups is 1. The third-order valence-corrected chi connectivity index (χ3v) is 5.16. The highest BCUT2D eigenvalue weighted by molar-refractivity contribution is 5.89. The average molecular weight is 398 g/mol. The number of rotatable bonds is 4. The fourth-order valence-electron chi connectivity index (χ4n) is 3.56. The number of nitrogens with zero attached hydrogens (tertiary/aromatic N) is 3. The zero-order valence-corrected chi connectivity index (χ0v) is 16.0. The van der Waals surface area contributed by atoms with E-state index in [4.69, 9.17) is 4.74 Å². The standard InChI is InChI=1S/C21H23FN4O3/c22-17-4-6-19(7-5-17)24-8-10-25(11-9-24)20(27)23-18-3-1-2-16(14-18)15-26-12-13-29-21(26)28/h1-7,14H,8-13,15H2,(H,23,27). The molecule has 0 aromatic heterocycles. The predicted octanol–water partition coefficient (Wildman–Crippen LogP) is 3.13. The van der Waals surface area contributed by atoms with E-state index < -0.39 is 0 Å². The van der Waals surface area contributed by atoms with Crippen LogP contribution in [0.25, 0.3) is 0 Å². The zero-order chi connectivity index (χ0) is 20.2. The maximum Gasteiger partial charge on any atom is 0.410 e. The summed E-state index contributed by atoms with van der Waals surface area (Å²) in [6.45, 7) is 4.00. The quantitative estimate of drug-likeness (QED) is 0.860. The van der Waals surface area contributed by atoms with Crippen molar-refractivity contribution < 1.29 is 18.7 Å². The lowest BCUT2D eigenvalue weighted by molar-refractivity contribution is 0.157. The van der Waals surface area contributed by atoms with Gasteiger partial charge in [0, 0.05) is 44.1 Å². The minimum Gasteiger partial charge on any atom is -0.448 e. The number of halogens is 1. The van der Waals surface area contributed by atoms with Crippen molar-refractivity contribution in [2.24, 2.45) is 0 Å². The normalized spacial score (nSPS) is 16.7. The first-order chi connectivity index (χ1) is 14.1. The number of cyclic esters (lactones) is 1. The molecule has 2 aliphatic heterocycles. The number of amides is 3. The summed E-state index contributed by atoms with van der Waals surface area (Å²) in [5.74, 6) is -0.254. The molecular formula is C21H23FN4O3. The van der Waals surface area contributed by atoms with Crippen LogP contribution in [0, 0.1) is 5.82 Å². The van der Waals surface area contributed by atoms with Crippen molar-refractivity contribution in [3.63, 3.8) is 0 Å². The molecule has 2 aromatic carbocycles. The summed E-state index contributed by atoms with van der Waals surface area (Å²) in [6.07, 6.45) is -0.307. The summed E-state index contributed by atoms with van der Waals surface area (Å²) in [5.41, 5.74) is 2.59. The lowest BCUT2D eigenvalue weighted by Gasteiger charge is -2.36. The van der Waals surface area contributed by atoms with E-state index in [1.807, 2.05) is 24.3 Å². The molecule has 4 rings (SSSR count). The molecular weight excluding hydrogens is 375 g/mol. The summed E-state index contributed by atoms with van der Waals surface area (Å²) in [4.78, 5) is 29.8. The topological polar surface area (TPSA) is 65.1 Å². The number of benzene rings is 2. The minimum atomic E-state index is -0.307. The molecule has 3 amide bonds.